The average Bonchev–Trinajstić information content (AvgIpc) is 2.17. The van der Waals surface area contributed by atoms with Gasteiger partial charge in [-0.1, -0.05) is 18.5 Å². The standard InChI is InChI=1S/C8H12ClN3O/c1-2-6(5-13)10-8-4-3-7(9)11-12-8/h3-4,6,13H,2,5H2,1H3,(H,10,12). The van der Waals surface area contributed by atoms with Crippen molar-refractivity contribution in [3.05, 3.63) is 17.3 Å². The van der Waals surface area contributed by atoms with Crippen LogP contribution in [0.25, 0.3) is 0 Å². The Kier molecular flexibility index (Phi) is 3.92. The van der Waals surface area contributed by atoms with Crippen LogP contribution in [0, 0.1) is 0 Å². The summed E-state index contributed by atoms with van der Waals surface area (Å²) in [6.45, 7) is 2.07. The average molecular weight is 202 g/mol. The quantitative estimate of drug-likeness (QED) is 0.772. The third-order valence-corrected chi connectivity index (χ3v) is 1.90. The van der Waals surface area contributed by atoms with Gasteiger partial charge in [0.25, 0.3) is 0 Å². The molecule has 0 amide bonds. The Labute approximate surface area is 81.9 Å². The fourth-order valence-corrected chi connectivity index (χ4v) is 0.980. The van der Waals surface area contributed by atoms with Gasteiger partial charge >= 0.3 is 0 Å². The van der Waals surface area contributed by atoms with Crippen molar-refractivity contribution in [2.75, 3.05) is 11.9 Å². The summed E-state index contributed by atoms with van der Waals surface area (Å²) in [5.41, 5.74) is 0. The van der Waals surface area contributed by atoms with Gasteiger partial charge in [-0.15, -0.1) is 10.2 Å². The fourth-order valence-electron chi connectivity index (χ4n) is 0.879. The number of nitrogens with one attached hydrogen (secondary N) is 1. The van der Waals surface area contributed by atoms with Crippen LogP contribution in [0.1, 0.15) is 13.3 Å². The monoisotopic (exact) mass is 201 g/mol. The van der Waals surface area contributed by atoms with Crippen LogP contribution in [0.4, 0.5) is 5.82 Å². The van der Waals surface area contributed by atoms with E-state index in [2.05, 4.69) is 15.5 Å². The summed E-state index contributed by atoms with van der Waals surface area (Å²) >= 11 is 5.57. The van der Waals surface area contributed by atoms with E-state index in [0.717, 1.165) is 6.42 Å². The fraction of sp³-hybridized carbons (Fsp3) is 0.500. The predicted octanol–water partition coefficient (Wildman–Crippen LogP) is 1.31. The van der Waals surface area contributed by atoms with Crippen molar-refractivity contribution in [3.63, 3.8) is 0 Å². The molecule has 0 radical (unpaired) electrons. The summed E-state index contributed by atoms with van der Waals surface area (Å²) in [6.07, 6.45) is 0.834. The Morgan fingerprint density at radius 2 is 2.31 bits per heavy atom. The van der Waals surface area contributed by atoms with E-state index in [9.17, 15) is 0 Å². The number of hydrogen-bond donors (Lipinski definition) is 2. The molecule has 0 aliphatic rings. The highest BCUT2D eigenvalue weighted by Gasteiger charge is 2.04. The molecule has 0 aromatic carbocycles. The molecule has 0 spiro atoms. The van der Waals surface area contributed by atoms with Crippen molar-refractivity contribution < 1.29 is 5.11 Å². The zero-order valence-electron chi connectivity index (χ0n) is 7.37. The lowest BCUT2D eigenvalue weighted by molar-refractivity contribution is 0.271. The molecule has 0 fully saturated rings. The molecule has 4 nitrogen and oxygen atoms in total. The Morgan fingerprint density at radius 3 is 2.77 bits per heavy atom. The second-order valence-electron chi connectivity index (χ2n) is 2.67. The topological polar surface area (TPSA) is 58.0 Å². The predicted molar refractivity (Wildman–Crippen MR) is 51.8 cm³/mol. The number of nitrogens with zero attached hydrogens (tertiary/aromatic N) is 2. The molecule has 0 aliphatic heterocycles. The Morgan fingerprint density at radius 1 is 1.54 bits per heavy atom. The summed E-state index contributed by atoms with van der Waals surface area (Å²) in [6, 6.07) is 3.41. The molecule has 1 unspecified atom stereocenters. The molecule has 72 valence electrons. The summed E-state index contributed by atoms with van der Waals surface area (Å²) < 4.78 is 0. The van der Waals surface area contributed by atoms with Gasteiger partial charge in [-0.25, -0.2) is 0 Å². The first-order valence-electron chi connectivity index (χ1n) is 4.13. The first-order chi connectivity index (χ1) is 6.26. The van der Waals surface area contributed by atoms with Gasteiger partial charge in [0.15, 0.2) is 5.15 Å². The largest absolute Gasteiger partial charge is 0.394 e. The molecule has 13 heavy (non-hydrogen) atoms. The van der Waals surface area contributed by atoms with Crippen molar-refractivity contribution in [2.45, 2.75) is 19.4 Å². The van der Waals surface area contributed by atoms with Gasteiger partial charge in [0.2, 0.25) is 0 Å². The second kappa shape index (κ2) is 4.99. The lowest BCUT2D eigenvalue weighted by Crippen LogP contribution is -2.23. The third-order valence-electron chi connectivity index (χ3n) is 1.70. The van der Waals surface area contributed by atoms with Gasteiger partial charge in [-0.3, -0.25) is 0 Å². The highest BCUT2D eigenvalue weighted by atomic mass is 35.5. The minimum atomic E-state index is 0.0236. The van der Waals surface area contributed by atoms with E-state index in [-0.39, 0.29) is 12.6 Å². The number of aliphatic hydroxyl groups is 1. The smallest absolute Gasteiger partial charge is 0.151 e. The zero-order valence-corrected chi connectivity index (χ0v) is 8.12. The Bertz CT molecular complexity index is 248. The molecule has 1 atom stereocenters. The molecule has 0 saturated carbocycles. The molecular weight excluding hydrogens is 190 g/mol. The summed E-state index contributed by atoms with van der Waals surface area (Å²) in [4.78, 5) is 0. The van der Waals surface area contributed by atoms with Gasteiger partial charge in [0, 0.05) is 0 Å². The molecule has 2 N–H and O–H groups in total. The van der Waals surface area contributed by atoms with Crippen LogP contribution in [-0.4, -0.2) is 28.0 Å². The highest BCUT2D eigenvalue weighted by molar-refractivity contribution is 6.29. The number of aromatic nitrogens is 2. The maximum atomic E-state index is 8.91. The van der Waals surface area contributed by atoms with Crippen molar-refractivity contribution >= 4 is 17.4 Å². The number of aliphatic hydroxyl groups excluding tert-OH is 1. The zero-order chi connectivity index (χ0) is 9.68. The second-order valence-corrected chi connectivity index (χ2v) is 3.06. The van der Waals surface area contributed by atoms with Crippen molar-refractivity contribution in [3.8, 4) is 0 Å². The van der Waals surface area contributed by atoms with Gasteiger partial charge in [-0.05, 0) is 18.6 Å². The van der Waals surface area contributed by atoms with Crippen LogP contribution in [0.5, 0.6) is 0 Å². The van der Waals surface area contributed by atoms with Crippen LogP contribution >= 0.6 is 11.6 Å². The van der Waals surface area contributed by atoms with Crippen molar-refractivity contribution in [1.29, 1.82) is 0 Å². The van der Waals surface area contributed by atoms with E-state index in [0.29, 0.717) is 11.0 Å². The summed E-state index contributed by atoms with van der Waals surface area (Å²) in [7, 11) is 0. The number of halogens is 1. The maximum absolute atomic E-state index is 8.91. The lowest BCUT2D eigenvalue weighted by Gasteiger charge is -2.13. The van der Waals surface area contributed by atoms with Crippen molar-refractivity contribution in [1.82, 2.24) is 10.2 Å². The van der Waals surface area contributed by atoms with E-state index in [4.69, 9.17) is 16.7 Å². The van der Waals surface area contributed by atoms with Crippen LogP contribution < -0.4 is 5.32 Å². The minimum absolute atomic E-state index is 0.0236. The first kappa shape index (κ1) is 10.2. The van der Waals surface area contributed by atoms with E-state index in [1.165, 1.54) is 0 Å². The lowest BCUT2D eigenvalue weighted by atomic mass is 10.2. The van der Waals surface area contributed by atoms with Gasteiger partial charge < -0.3 is 10.4 Å². The molecule has 0 bridgehead atoms. The third kappa shape index (κ3) is 3.16. The van der Waals surface area contributed by atoms with Crippen LogP contribution in [0.15, 0.2) is 12.1 Å². The van der Waals surface area contributed by atoms with Crippen LogP contribution in [0.2, 0.25) is 5.15 Å². The highest BCUT2D eigenvalue weighted by Crippen LogP contribution is 2.08. The maximum Gasteiger partial charge on any atom is 0.151 e. The van der Waals surface area contributed by atoms with E-state index in [1.54, 1.807) is 12.1 Å². The molecule has 1 heterocycles. The molecule has 0 saturated heterocycles. The van der Waals surface area contributed by atoms with Crippen molar-refractivity contribution in [2.24, 2.45) is 0 Å². The minimum Gasteiger partial charge on any atom is -0.394 e. The Balaban J connectivity index is 2.58. The molecule has 1 rings (SSSR count). The molecule has 5 heteroatoms. The van der Waals surface area contributed by atoms with Crippen LogP contribution in [0.3, 0.4) is 0 Å². The van der Waals surface area contributed by atoms with E-state index < -0.39 is 0 Å². The summed E-state index contributed by atoms with van der Waals surface area (Å²) in [5, 5.41) is 19.8. The van der Waals surface area contributed by atoms with E-state index in [1.807, 2.05) is 6.92 Å². The Hall–Kier alpha value is -0.870. The number of rotatable bonds is 4. The van der Waals surface area contributed by atoms with Crippen LogP contribution in [-0.2, 0) is 0 Å². The first-order valence-corrected chi connectivity index (χ1v) is 4.50. The van der Waals surface area contributed by atoms with Gasteiger partial charge in [0.1, 0.15) is 5.82 Å². The summed E-state index contributed by atoms with van der Waals surface area (Å²) in [5.74, 6) is 0.630. The molecular formula is C8H12ClN3O. The van der Waals surface area contributed by atoms with Gasteiger partial charge in [0.05, 0.1) is 12.6 Å². The SMILES string of the molecule is CCC(CO)Nc1ccc(Cl)nn1. The molecule has 1 aromatic heterocycles. The molecule has 1 aromatic rings. The number of hydrogen-bond acceptors (Lipinski definition) is 4. The molecule has 0 aliphatic carbocycles. The van der Waals surface area contributed by atoms with Gasteiger partial charge in [-0.2, -0.15) is 0 Å². The normalized spacial score (nSPS) is 12.5. The van der Waals surface area contributed by atoms with E-state index >= 15 is 0 Å². The number of anilines is 1.